The fourth-order valence-corrected chi connectivity index (χ4v) is 14.0. The molecule has 0 aliphatic carbocycles. The first kappa shape index (κ1) is 24.8. The smallest absolute Gasteiger partial charge is 0.202 e. The number of rotatable bonds is 8. The first-order valence-corrected chi connectivity index (χ1v) is 20.2. The summed E-state index contributed by atoms with van der Waals surface area (Å²) in [5.41, 5.74) is 1.35. The van der Waals surface area contributed by atoms with E-state index < -0.39 is 41.4 Å². The van der Waals surface area contributed by atoms with E-state index in [0.29, 0.717) is 0 Å². The zero-order chi connectivity index (χ0) is 22.8. The molecule has 0 radical (unpaired) electrons. The van der Waals surface area contributed by atoms with Gasteiger partial charge in [-0.3, -0.25) is 0 Å². The summed E-state index contributed by atoms with van der Waals surface area (Å²) in [5.74, 6) is -0.199. The predicted molar refractivity (Wildman–Crippen MR) is 131 cm³/mol. The van der Waals surface area contributed by atoms with Crippen LogP contribution in [0.25, 0.3) is 0 Å². The van der Waals surface area contributed by atoms with Crippen LogP contribution >= 0.6 is 0 Å². The summed E-state index contributed by atoms with van der Waals surface area (Å²) in [6.45, 7) is 12.3. The molecule has 2 aromatic rings. The zero-order valence-corrected chi connectivity index (χ0v) is 22.2. The Morgan fingerprint density at radius 2 is 1.20 bits per heavy atom. The molecule has 2 rings (SSSR count). The highest BCUT2D eigenvalue weighted by molar-refractivity contribution is 7.96. The van der Waals surface area contributed by atoms with Gasteiger partial charge in [-0.05, 0) is 24.3 Å². The van der Waals surface area contributed by atoms with Crippen LogP contribution in [-0.4, -0.2) is 38.7 Å². The van der Waals surface area contributed by atoms with Gasteiger partial charge in [0, 0.05) is 10.4 Å². The van der Waals surface area contributed by atoms with Crippen LogP contribution in [0.2, 0.25) is 44.8 Å². The number of benzene rings is 2. The van der Waals surface area contributed by atoms with Gasteiger partial charge >= 0.3 is 0 Å². The minimum atomic E-state index is -3.81. The highest BCUT2D eigenvalue weighted by Gasteiger charge is 2.40. The lowest BCUT2D eigenvalue weighted by atomic mass is 10.4. The molecule has 30 heavy (non-hydrogen) atoms. The standard InChI is InChI=1S/C22H32O4S2Si2/c1-29(2,3)18-21(28(25,26)20-15-11-8-12-16-20)22(30(4,5)6)17-27(23,24)19-13-9-7-10-14-19/h7-16,18,22H,17H2,1-6H3/b21-18+. The Labute approximate surface area is 183 Å². The predicted octanol–water partition coefficient (Wildman–Crippen LogP) is 5.40. The second kappa shape index (κ2) is 8.94. The summed E-state index contributed by atoms with van der Waals surface area (Å²) >= 11 is 0. The number of sulfone groups is 2. The van der Waals surface area contributed by atoms with Crippen LogP contribution in [-0.2, 0) is 19.7 Å². The topological polar surface area (TPSA) is 68.3 Å². The summed E-state index contributed by atoms with van der Waals surface area (Å²) in [5, 5.41) is 0. The zero-order valence-electron chi connectivity index (χ0n) is 18.6. The molecule has 2 aromatic carbocycles. The van der Waals surface area contributed by atoms with Crippen LogP contribution in [0.5, 0.6) is 0 Å². The van der Waals surface area contributed by atoms with Crippen molar-refractivity contribution in [3.05, 3.63) is 71.3 Å². The van der Waals surface area contributed by atoms with Crippen molar-refractivity contribution in [3.63, 3.8) is 0 Å². The Bertz CT molecular complexity index is 1100. The van der Waals surface area contributed by atoms with Crippen LogP contribution in [0.1, 0.15) is 0 Å². The molecule has 0 saturated heterocycles. The van der Waals surface area contributed by atoms with Gasteiger partial charge in [0.1, 0.15) is 0 Å². The lowest BCUT2D eigenvalue weighted by Gasteiger charge is -2.32. The lowest BCUT2D eigenvalue weighted by molar-refractivity contribution is 0.593. The summed E-state index contributed by atoms with van der Waals surface area (Å²) in [6.07, 6.45) is 0. The van der Waals surface area contributed by atoms with Gasteiger partial charge in [-0.25, -0.2) is 16.8 Å². The van der Waals surface area contributed by atoms with Gasteiger partial charge in [-0.1, -0.05) is 81.4 Å². The van der Waals surface area contributed by atoms with Crippen molar-refractivity contribution in [1.82, 2.24) is 0 Å². The fourth-order valence-electron chi connectivity index (χ4n) is 3.23. The molecule has 1 unspecified atom stereocenters. The molecule has 164 valence electrons. The van der Waals surface area contributed by atoms with Gasteiger partial charge in [-0.15, -0.1) is 0 Å². The van der Waals surface area contributed by atoms with E-state index in [2.05, 4.69) is 19.6 Å². The van der Waals surface area contributed by atoms with Crippen LogP contribution in [0.4, 0.5) is 0 Å². The Morgan fingerprint density at radius 1 is 0.767 bits per heavy atom. The van der Waals surface area contributed by atoms with E-state index in [4.69, 9.17) is 0 Å². The Morgan fingerprint density at radius 3 is 1.60 bits per heavy atom. The van der Waals surface area contributed by atoms with Crippen molar-refractivity contribution in [2.45, 2.75) is 54.6 Å². The summed E-state index contributed by atoms with van der Waals surface area (Å²) in [4.78, 5) is 0.735. The summed E-state index contributed by atoms with van der Waals surface area (Å²) < 4.78 is 53.9. The molecule has 0 aromatic heterocycles. The van der Waals surface area contributed by atoms with Crippen LogP contribution < -0.4 is 0 Å². The maximum absolute atomic E-state index is 13.7. The Hall–Kier alpha value is -1.49. The van der Waals surface area contributed by atoms with E-state index in [1.807, 2.05) is 25.3 Å². The molecule has 0 amide bonds. The number of hydrogen-bond donors (Lipinski definition) is 0. The third kappa shape index (κ3) is 6.26. The molecule has 8 heteroatoms. The number of hydrogen-bond acceptors (Lipinski definition) is 4. The van der Waals surface area contributed by atoms with Crippen LogP contribution in [0.3, 0.4) is 0 Å². The molecule has 0 bridgehead atoms. The van der Waals surface area contributed by atoms with E-state index >= 15 is 0 Å². The van der Waals surface area contributed by atoms with Crippen LogP contribution in [0.15, 0.2) is 81.1 Å². The van der Waals surface area contributed by atoms with Crippen molar-refractivity contribution >= 4 is 35.8 Å². The highest BCUT2D eigenvalue weighted by Crippen LogP contribution is 2.39. The lowest BCUT2D eigenvalue weighted by Crippen LogP contribution is -2.37. The molecular formula is C22H32O4S2Si2. The molecule has 0 heterocycles. The van der Waals surface area contributed by atoms with Crippen molar-refractivity contribution in [2.24, 2.45) is 0 Å². The normalized spacial score (nSPS) is 15.1. The molecule has 0 spiro atoms. The monoisotopic (exact) mass is 480 g/mol. The van der Waals surface area contributed by atoms with E-state index in [1.54, 1.807) is 60.7 Å². The second-order valence-corrected chi connectivity index (χ2v) is 24.2. The minimum Gasteiger partial charge on any atom is -0.224 e. The molecule has 4 nitrogen and oxygen atoms in total. The van der Waals surface area contributed by atoms with Crippen molar-refractivity contribution in [2.75, 3.05) is 5.75 Å². The SMILES string of the molecule is C[Si](C)(C)/C=C(\C(CS(=O)(=O)c1ccccc1)[Si](C)(C)C)S(=O)(=O)c1ccccc1. The first-order valence-electron chi connectivity index (χ1n) is 9.95. The second-order valence-electron chi connectivity index (χ2n) is 9.74. The largest absolute Gasteiger partial charge is 0.224 e. The van der Waals surface area contributed by atoms with Gasteiger partial charge in [0.05, 0.1) is 31.7 Å². The third-order valence-corrected chi connectivity index (χ3v) is 13.0. The quantitative estimate of drug-likeness (QED) is 0.474. The molecule has 1 atom stereocenters. The maximum Gasteiger partial charge on any atom is 0.202 e. The van der Waals surface area contributed by atoms with E-state index in [-0.39, 0.29) is 20.4 Å². The van der Waals surface area contributed by atoms with Gasteiger partial charge in [0.15, 0.2) is 9.84 Å². The van der Waals surface area contributed by atoms with Gasteiger partial charge in [0.2, 0.25) is 9.84 Å². The Balaban J connectivity index is 2.70. The van der Waals surface area contributed by atoms with Crippen molar-refractivity contribution in [1.29, 1.82) is 0 Å². The minimum absolute atomic E-state index is 0.199. The number of allylic oxidation sites excluding steroid dienone is 1. The molecule has 0 aliphatic rings. The summed E-state index contributed by atoms with van der Waals surface area (Å²) in [7, 11) is -11.7. The van der Waals surface area contributed by atoms with E-state index in [0.717, 1.165) is 0 Å². The first-order chi connectivity index (χ1) is 13.6. The van der Waals surface area contributed by atoms with Crippen molar-refractivity contribution in [3.8, 4) is 0 Å². The molecule has 0 saturated carbocycles. The molecular weight excluding hydrogens is 449 g/mol. The van der Waals surface area contributed by atoms with Gasteiger partial charge < -0.3 is 0 Å². The maximum atomic E-state index is 13.7. The molecule has 0 N–H and O–H groups in total. The van der Waals surface area contributed by atoms with Gasteiger partial charge in [0.25, 0.3) is 0 Å². The fraction of sp³-hybridized carbons (Fsp3) is 0.364. The van der Waals surface area contributed by atoms with E-state index in [1.165, 1.54) is 0 Å². The third-order valence-electron chi connectivity index (χ3n) is 4.82. The van der Waals surface area contributed by atoms with Crippen LogP contribution in [0, 0.1) is 0 Å². The Kier molecular flexibility index (Phi) is 7.38. The average molecular weight is 481 g/mol. The van der Waals surface area contributed by atoms with E-state index in [9.17, 15) is 16.8 Å². The summed E-state index contributed by atoms with van der Waals surface area (Å²) in [6, 6.07) is 16.6. The highest BCUT2D eigenvalue weighted by atomic mass is 32.2. The molecule has 0 aliphatic heterocycles. The average Bonchev–Trinajstić information content (AvgIpc) is 2.64. The van der Waals surface area contributed by atoms with Crippen molar-refractivity contribution < 1.29 is 16.8 Å². The van der Waals surface area contributed by atoms with Gasteiger partial charge in [-0.2, -0.15) is 0 Å². The molecule has 0 fully saturated rings.